The number of carbonyl (C=O) groups is 1. The standard InChI is InChI=1S/C12H13NO3/c1-3-9-16-11-7-5-10(6-8-11)13-12(14)15-4-2/h1,5-8H,4,9H2,2H3,(H,13,14). The summed E-state index contributed by atoms with van der Waals surface area (Å²) in [5, 5.41) is 2.57. The lowest BCUT2D eigenvalue weighted by Gasteiger charge is -2.06. The van der Waals surface area contributed by atoms with Gasteiger partial charge in [-0.05, 0) is 31.2 Å². The molecular weight excluding hydrogens is 206 g/mol. The highest BCUT2D eigenvalue weighted by atomic mass is 16.5. The number of rotatable bonds is 4. The Morgan fingerprint density at radius 1 is 1.44 bits per heavy atom. The summed E-state index contributed by atoms with van der Waals surface area (Å²) in [6.07, 6.45) is 4.58. The number of hydrogen-bond donors (Lipinski definition) is 1. The summed E-state index contributed by atoms with van der Waals surface area (Å²) in [6.45, 7) is 2.32. The minimum absolute atomic E-state index is 0.227. The summed E-state index contributed by atoms with van der Waals surface area (Å²) < 4.78 is 9.92. The number of benzene rings is 1. The maximum Gasteiger partial charge on any atom is 0.411 e. The quantitative estimate of drug-likeness (QED) is 0.790. The van der Waals surface area contributed by atoms with Crippen LogP contribution in [0.25, 0.3) is 0 Å². The van der Waals surface area contributed by atoms with Crippen LogP contribution in [0.4, 0.5) is 10.5 Å². The highest BCUT2D eigenvalue weighted by molar-refractivity contribution is 5.84. The molecule has 0 saturated carbocycles. The normalized spacial score (nSPS) is 9.00. The second kappa shape index (κ2) is 6.36. The van der Waals surface area contributed by atoms with E-state index in [-0.39, 0.29) is 6.61 Å². The lowest BCUT2D eigenvalue weighted by atomic mass is 10.3. The molecule has 0 aliphatic carbocycles. The van der Waals surface area contributed by atoms with Crippen LogP contribution in [0.3, 0.4) is 0 Å². The average Bonchev–Trinajstić information content (AvgIpc) is 2.28. The van der Waals surface area contributed by atoms with Gasteiger partial charge in [0.15, 0.2) is 0 Å². The van der Waals surface area contributed by atoms with E-state index in [9.17, 15) is 4.79 Å². The second-order valence-corrected chi connectivity index (χ2v) is 2.86. The molecule has 16 heavy (non-hydrogen) atoms. The SMILES string of the molecule is C#CCOc1ccc(NC(=O)OCC)cc1. The molecule has 0 aliphatic heterocycles. The van der Waals surface area contributed by atoms with Gasteiger partial charge in [-0.1, -0.05) is 5.92 Å². The molecule has 4 heteroatoms. The summed E-state index contributed by atoms with van der Waals surface area (Å²) in [4.78, 5) is 11.1. The van der Waals surface area contributed by atoms with E-state index in [0.717, 1.165) is 0 Å². The third-order valence-corrected chi connectivity index (χ3v) is 1.70. The van der Waals surface area contributed by atoms with E-state index in [1.165, 1.54) is 0 Å². The van der Waals surface area contributed by atoms with Gasteiger partial charge in [0.2, 0.25) is 0 Å². The van der Waals surface area contributed by atoms with Crippen molar-refractivity contribution in [3.63, 3.8) is 0 Å². The topological polar surface area (TPSA) is 47.6 Å². The van der Waals surface area contributed by atoms with Gasteiger partial charge in [0.25, 0.3) is 0 Å². The van der Waals surface area contributed by atoms with Gasteiger partial charge in [-0.2, -0.15) is 0 Å². The molecule has 84 valence electrons. The molecule has 0 radical (unpaired) electrons. The Balaban J connectivity index is 2.51. The van der Waals surface area contributed by atoms with E-state index in [0.29, 0.717) is 18.0 Å². The lowest BCUT2D eigenvalue weighted by molar-refractivity contribution is 0.168. The lowest BCUT2D eigenvalue weighted by Crippen LogP contribution is -2.13. The smallest absolute Gasteiger partial charge is 0.411 e. The highest BCUT2D eigenvalue weighted by Gasteiger charge is 2.01. The number of nitrogens with one attached hydrogen (secondary N) is 1. The Hall–Kier alpha value is -2.15. The van der Waals surface area contributed by atoms with Crippen molar-refractivity contribution in [1.82, 2.24) is 0 Å². The summed E-state index contributed by atoms with van der Waals surface area (Å²) in [5.74, 6) is 3.03. The van der Waals surface area contributed by atoms with Gasteiger partial charge in [-0.3, -0.25) is 5.32 Å². The molecular formula is C12H13NO3. The van der Waals surface area contributed by atoms with Crippen molar-refractivity contribution >= 4 is 11.8 Å². The number of ether oxygens (including phenoxy) is 2. The van der Waals surface area contributed by atoms with Gasteiger partial charge >= 0.3 is 6.09 Å². The predicted molar refractivity (Wildman–Crippen MR) is 61.4 cm³/mol. The van der Waals surface area contributed by atoms with Crippen LogP contribution in [0.5, 0.6) is 5.75 Å². The molecule has 0 aliphatic rings. The molecule has 1 amide bonds. The van der Waals surface area contributed by atoms with Crippen molar-refractivity contribution < 1.29 is 14.3 Å². The molecule has 0 heterocycles. The Morgan fingerprint density at radius 3 is 2.69 bits per heavy atom. The monoisotopic (exact) mass is 219 g/mol. The summed E-state index contributed by atoms with van der Waals surface area (Å²) in [7, 11) is 0. The van der Waals surface area contributed by atoms with Gasteiger partial charge in [0.05, 0.1) is 6.61 Å². The molecule has 0 saturated heterocycles. The zero-order valence-corrected chi connectivity index (χ0v) is 9.03. The highest BCUT2D eigenvalue weighted by Crippen LogP contribution is 2.15. The fraction of sp³-hybridized carbons (Fsp3) is 0.250. The van der Waals surface area contributed by atoms with E-state index in [4.69, 9.17) is 15.9 Å². The maximum atomic E-state index is 11.1. The number of carbonyl (C=O) groups excluding carboxylic acids is 1. The molecule has 1 N–H and O–H groups in total. The predicted octanol–water partition coefficient (Wildman–Crippen LogP) is 2.27. The summed E-state index contributed by atoms with van der Waals surface area (Å²) in [5.41, 5.74) is 0.645. The Bertz CT molecular complexity index is 378. The summed E-state index contributed by atoms with van der Waals surface area (Å²) in [6, 6.07) is 6.86. The molecule has 4 nitrogen and oxygen atoms in total. The minimum atomic E-state index is -0.472. The van der Waals surface area contributed by atoms with Crippen LogP contribution < -0.4 is 10.1 Å². The third-order valence-electron chi connectivity index (χ3n) is 1.70. The average molecular weight is 219 g/mol. The Morgan fingerprint density at radius 2 is 2.12 bits per heavy atom. The first-order valence-electron chi connectivity index (χ1n) is 4.86. The van der Waals surface area contributed by atoms with Crippen molar-refractivity contribution in [3.05, 3.63) is 24.3 Å². The van der Waals surface area contributed by atoms with Crippen molar-refractivity contribution in [3.8, 4) is 18.1 Å². The van der Waals surface area contributed by atoms with E-state index < -0.39 is 6.09 Å². The number of anilines is 1. The van der Waals surface area contributed by atoms with Gasteiger partial charge < -0.3 is 9.47 Å². The van der Waals surface area contributed by atoms with E-state index in [1.54, 1.807) is 31.2 Å². The molecule has 0 bridgehead atoms. The number of amides is 1. The molecule has 1 aromatic carbocycles. The molecule has 0 atom stereocenters. The van der Waals surface area contributed by atoms with Gasteiger partial charge in [0.1, 0.15) is 12.4 Å². The maximum absolute atomic E-state index is 11.1. The number of hydrogen-bond acceptors (Lipinski definition) is 3. The largest absolute Gasteiger partial charge is 0.481 e. The van der Waals surface area contributed by atoms with Crippen molar-refractivity contribution in [2.24, 2.45) is 0 Å². The molecule has 1 aromatic rings. The number of terminal acetylenes is 1. The van der Waals surface area contributed by atoms with E-state index in [1.807, 2.05) is 0 Å². The third kappa shape index (κ3) is 3.93. The van der Waals surface area contributed by atoms with E-state index >= 15 is 0 Å². The van der Waals surface area contributed by atoms with Crippen LogP contribution in [0.1, 0.15) is 6.92 Å². The van der Waals surface area contributed by atoms with Crippen LogP contribution in [-0.2, 0) is 4.74 Å². The van der Waals surface area contributed by atoms with Crippen molar-refractivity contribution in [1.29, 1.82) is 0 Å². The van der Waals surface area contributed by atoms with Crippen molar-refractivity contribution in [2.45, 2.75) is 6.92 Å². The van der Waals surface area contributed by atoms with Crippen LogP contribution in [-0.4, -0.2) is 19.3 Å². The molecule has 0 spiro atoms. The van der Waals surface area contributed by atoms with Crippen LogP contribution >= 0.6 is 0 Å². The molecule has 0 fully saturated rings. The zero-order valence-electron chi connectivity index (χ0n) is 9.03. The Labute approximate surface area is 94.6 Å². The van der Waals surface area contributed by atoms with E-state index in [2.05, 4.69) is 11.2 Å². The first kappa shape index (κ1) is 11.9. The first-order chi connectivity index (χ1) is 7.76. The second-order valence-electron chi connectivity index (χ2n) is 2.86. The van der Waals surface area contributed by atoms with Crippen molar-refractivity contribution in [2.75, 3.05) is 18.5 Å². The first-order valence-corrected chi connectivity index (χ1v) is 4.86. The van der Waals surface area contributed by atoms with Gasteiger partial charge in [-0.15, -0.1) is 6.42 Å². The molecule has 1 rings (SSSR count). The Kier molecular flexibility index (Phi) is 4.74. The zero-order chi connectivity index (χ0) is 11.8. The van der Waals surface area contributed by atoms with Gasteiger partial charge in [0, 0.05) is 5.69 Å². The molecule has 0 unspecified atom stereocenters. The summed E-state index contributed by atoms with van der Waals surface area (Å²) >= 11 is 0. The fourth-order valence-electron chi connectivity index (χ4n) is 1.04. The van der Waals surface area contributed by atoms with Crippen LogP contribution in [0, 0.1) is 12.3 Å². The van der Waals surface area contributed by atoms with Crippen LogP contribution in [0.15, 0.2) is 24.3 Å². The molecule has 0 aromatic heterocycles. The van der Waals surface area contributed by atoms with Crippen LogP contribution in [0.2, 0.25) is 0 Å². The minimum Gasteiger partial charge on any atom is -0.481 e. The van der Waals surface area contributed by atoms with Gasteiger partial charge in [-0.25, -0.2) is 4.79 Å². The fourth-order valence-corrected chi connectivity index (χ4v) is 1.04.